The number of hydrogen-bond donors (Lipinski definition) is 0. The molecule has 1 heterocycles. The van der Waals surface area contributed by atoms with Crippen LogP contribution in [0.2, 0.25) is 0 Å². The normalized spacial score (nSPS) is 15.0. The minimum Gasteiger partial charge on any atom is -0.486 e. The van der Waals surface area contributed by atoms with Crippen LogP contribution in [0.25, 0.3) is 0 Å². The molecule has 4 heteroatoms. The van der Waals surface area contributed by atoms with Crippen LogP contribution < -0.4 is 9.47 Å². The second-order valence-electron chi connectivity index (χ2n) is 4.29. The molecule has 1 atom stereocenters. The Hall–Kier alpha value is -1.71. The second kappa shape index (κ2) is 5.76. The molecule has 1 aliphatic rings. The third-order valence-corrected chi connectivity index (χ3v) is 3.17. The van der Waals surface area contributed by atoms with Crippen LogP contribution in [0.3, 0.4) is 0 Å². The second-order valence-corrected chi connectivity index (χ2v) is 4.29. The van der Waals surface area contributed by atoms with E-state index in [-0.39, 0.29) is 11.9 Å². The Kier molecular flexibility index (Phi) is 4.07. The van der Waals surface area contributed by atoms with Gasteiger partial charge in [0.1, 0.15) is 13.2 Å². The van der Waals surface area contributed by atoms with Crippen molar-refractivity contribution in [2.45, 2.75) is 25.7 Å². The van der Waals surface area contributed by atoms with Crippen LogP contribution in [0.4, 0.5) is 0 Å². The zero-order chi connectivity index (χ0) is 13.0. The predicted molar refractivity (Wildman–Crippen MR) is 67.1 cm³/mol. The molecule has 1 aliphatic heterocycles. The highest BCUT2D eigenvalue weighted by Gasteiger charge is 2.18. The molecule has 0 bridgehead atoms. The molecule has 0 saturated heterocycles. The first-order chi connectivity index (χ1) is 8.74. The summed E-state index contributed by atoms with van der Waals surface area (Å²) in [7, 11) is 1.42. The maximum atomic E-state index is 11.4. The van der Waals surface area contributed by atoms with Gasteiger partial charge in [-0.25, -0.2) is 0 Å². The summed E-state index contributed by atoms with van der Waals surface area (Å²) >= 11 is 0. The lowest BCUT2D eigenvalue weighted by Gasteiger charge is -2.21. The van der Waals surface area contributed by atoms with Crippen LogP contribution >= 0.6 is 0 Å². The van der Waals surface area contributed by atoms with Gasteiger partial charge >= 0.3 is 5.97 Å². The molecule has 0 amide bonds. The van der Waals surface area contributed by atoms with Gasteiger partial charge < -0.3 is 14.2 Å². The molecule has 0 N–H and O–H groups in total. The summed E-state index contributed by atoms with van der Waals surface area (Å²) < 4.78 is 15.7. The summed E-state index contributed by atoms with van der Waals surface area (Å²) in [6.45, 7) is 3.22. The molecule has 1 unspecified atom stereocenters. The van der Waals surface area contributed by atoms with E-state index in [1.165, 1.54) is 7.11 Å². The van der Waals surface area contributed by atoms with Gasteiger partial charge in [0.15, 0.2) is 11.5 Å². The van der Waals surface area contributed by atoms with Gasteiger partial charge in [0.05, 0.1) is 13.5 Å². The first-order valence-electron chi connectivity index (χ1n) is 6.21. The van der Waals surface area contributed by atoms with E-state index in [0.29, 0.717) is 19.6 Å². The maximum Gasteiger partial charge on any atom is 0.306 e. The summed E-state index contributed by atoms with van der Waals surface area (Å²) in [6, 6.07) is 5.86. The highest BCUT2D eigenvalue weighted by atomic mass is 16.6. The first-order valence-corrected chi connectivity index (χ1v) is 6.21. The van der Waals surface area contributed by atoms with Gasteiger partial charge in [0, 0.05) is 0 Å². The monoisotopic (exact) mass is 250 g/mol. The Balaban J connectivity index is 2.18. The summed E-state index contributed by atoms with van der Waals surface area (Å²) in [4.78, 5) is 11.4. The Morgan fingerprint density at radius 1 is 1.33 bits per heavy atom. The number of benzene rings is 1. The van der Waals surface area contributed by atoms with E-state index in [0.717, 1.165) is 23.5 Å². The van der Waals surface area contributed by atoms with E-state index in [1.807, 2.05) is 18.2 Å². The smallest absolute Gasteiger partial charge is 0.306 e. The van der Waals surface area contributed by atoms with Crippen molar-refractivity contribution in [2.24, 2.45) is 0 Å². The number of rotatable bonds is 4. The minimum atomic E-state index is -0.184. The predicted octanol–water partition coefficient (Wildman–Crippen LogP) is 2.51. The van der Waals surface area contributed by atoms with Crippen LogP contribution in [-0.2, 0) is 9.53 Å². The van der Waals surface area contributed by atoms with E-state index in [1.54, 1.807) is 0 Å². The summed E-state index contributed by atoms with van der Waals surface area (Å²) in [6.07, 6.45) is 1.28. The van der Waals surface area contributed by atoms with Crippen molar-refractivity contribution in [3.8, 4) is 11.5 Å². The lowest BCUT2D eigenvalue weighted by molar-refractivity contribution is -0.141. The molecule has 98 valence electrons. The van der Waals surface area contributed by atoms with Gasteiger partial charge in [-0.1, -0.05) is 13.0 Å². The zero-order valence-corrected chi connectivity index (χ0v) is 10.8. The molecule has 0 spiro atoms. The molecule has 1 aromatic carbocycles. The fourth-order valence-electron chi connectivity index (χ4n) is 2.10. The van der Waals surface area contributed by atoms with E-state index in [9.17, 15) is 4.79 Å². The maximum absolute atomic E-state index is 11.4. The fraction of sp³-hybridized carbons (Fsp3) is 0.500. The van der Waals surface area contributed by atoms with Crippen molar-refractivity contribution in [1.29, 1.82) is 0 Å². The molecule has 2 rings (SSSR count). The van der Waals surface area contributed by atoms with Gasteiger partial charge in [-0.15, -0.1) is 0 Å². The molecule has 0 radical (unpaired) electrons. The Labute approximate surface area is 107 Å². The van der Waals surface area contributed by atoms with E-state index in [2.05, 4.69) is 6.92 Å². The molecule has 0 saturated carbocycles. The molecular weight excluding hydrogens is 232 g/mol. The Morgan fingerprint density at radius 2 is 2.06 bits per heavy atom. The van der Waals surface area contributed by atoms with Crippen LogP contribution in [0.5, 0.6) is 11.5 Å². The lowest BCUT2D eigenvalue weighted by Crippen LogP contribution is -2.16. The molecule has 1 aromatic rings. The van der Waals surface area contributed by atoms with Crippen molar-refractivity contribution >= 4 is 5.97 Å². The standard InChI is InChI=1S/C14H18O4/c1-3-10(9-14(15)16-2)11-4-5-12-13(8-11)18-7-6-17-12/h4-5,8,10H,3,6-7,9H2,1-2H3. The van der Waals surface area contributed by atoms with E-state index in [4.69, 9.17) is 14.2 Å². The highest BCUT2D eigenvalue weighted by Crippen LogP contribution is 2.35. The summed E-state index contributed by atoms with van der Waals surface area (Å²) in [5.74, 6) is 1.52. The molecule has 0 aliphatic carbocycles. The van der Waals surface area contributed by atoms with Gasteiger partial charge in [-0.2, -0.15) is 0 Å². The van der Waals surface area contributed by atoms with Gasteiger partial charge in [-0.3, -0.25) is 4.79 Å². The SMILES string of the molecule is CCC(CC(=O)OC)c1ccc2c(c1)OCCO2. The van der Waals surface area contributed by atoms with E-state index < -0.39 is 0 Å². The Morgan fingerprint density at radius 3 is 2.72 bits per heavy atom. The molecule has 4 nitrogen and oxygen atoms in total. The van der Waals surface area contributed by atoms with Crippen molar-refractivity contribution in [3.63, 3.8) is 0 Å². The average Bonchev–Trinajstić information content (AvgIpc) is 2.44. The molecule has 18 heavy (non-hydrogen) atoms. The van der Waals surface area contributed by atoms with E-state index >= 15 is 0 Å². The fourth-order valence-corrected chi connectivity index (χ4v) is 2.10. The third kappa shape index (κ3) is 2.75. The summed E-state index contributed by atoms with van der Waals surface area (Å²) in [5, 5.41) is 0. The topological polar surface area (TPSA) is 44.8 Å². The quantitative estimate of drug-likeness (QED) is 0.770. The van der Waals surface area contributed by atoms with Crippen molar-refractivity contribution in [2.75, 3.05) is 20.3 Å². The molecular formula is C14H18O4. The van der Waals surface area contributed by atoms with Crippen LogP contribution in [0.1, 0.15) is 31.2 Å². The minimum absolute atomic E-state index is 0.160. The molecule has 0 fully saturated rings. The lowest BCUT2D eigenvalue weighted by atomic mass is 9.93. The van der Waals surface area contributed by atoms with Gasteiger partial charge in [-0.05, 0) is 30.0 Å². The van der Waals surface area contributed by atoms with Gasteiger partial charge in [0.2, 0.25) is 0 Å². The zero-order valence-electron chi connectivity index (χ0n) is 10.8. The van der Waals surface area contributed by atoms with Crippen LogP contribution in [0.15, 0.2) is 18.2 Å². The van der Waals surface area contributed by atoms with Crippen molar-refractivity contribution in [1.82, 2.24) is 0 Å². The number of fused-ring (bicyclic) bond motifs is 1. The molecule has 0 aromatic heterocycles. The van der Waals surface area contributed by atoms with Crippen molar-refractivity contribution < 1.29 is 19.0 Å². The number of hydrogen-bond acceptors (Lipinski definition) is 4. The number of methoxy groups -OCH3 is 1. The summed E-state index contributed by atoms with van der Waals surface area (Å²) in [5.41, 5.74) is 1.09. The van der Waals surface area contributed by atoms with Crippen LogP contribution in [-0.4, -0.2) is 26.3 Å². The van der Waals surface area contributed by atoms with Gasteiger partial charge in [0.25, 0.3) is 0 Å². The number of esters is 1. The first kappa shape index (κ1) is 12.7. The average molecular weight is 250 g/mol. The number of carbonyl (C=O) groups excluding carboxylic acids is 1. The highest BCUT2D eigenvalue weighted by molar-refractivity contribution is 5.70. The van der Waals surface area contributed by atoms with Crippen LogP contribution in [0, 0.1) is 0 Å². The number of ether oxygens (including phenoxy) is 3. The largest absolute Gasteiger partial charge is 0.486 e. The third-order valence-electron chi connectivity index (χ3n) is 3.17. The Bertz CT molecular complexity index is 428. The van der Waals surface area contributed by atoms with Crippen molar-refractivity contribution in [3.05, 3.63) is 23.8 Å². The number of carbonyl (C=O) groups is 1.